The lowest BCUT2D eigenvalue weighted by atomic mass is 10.1. The van der Waals surface area contributed by atoms with Crippen molar-refractivity contribution in [2.45, 2.75) is 20.8 Å². The van der Waals surface area contributed by atoms with Gasteiger partial charge in [0.1, 0.15) is 5.75 Å². The fourth-order valence-electron chi connectivity index (χ4n) is 2.04. The predicted molar refractivity (Wildman–Crippen MR) is 100 cm³/mol. The smallest absolute Gasteiger partial charge is 0.276 e. The van der Waals surface area contributed by atoms with E-state index in [2.05, 4.69) is 16.2 Å². The molecule has 0 radical (unpaired) electrons. The number of hydrogen-bond donors (Lipinski definition) is 3. The molecule has 0 bridgehead atoms. The van der Waals surface area contributed by atoms with E-state index >= 15 is 0 Å². The number of thiocarbonyl (C=S) groups is 1. The highest BCUT2D eigenvalue weighted by Crippen LogP contribution is 2.16. The first-order valence-electron chi connectivity index (χ1n) is 7.56. The lowest BCUT2D eigenvalue weighted by Crippen LogP contribution is -2.45. The average molecular weight is 343 g/mol. The Hall–Kier alpha value is -2.60. The molecule has 0 spiro atoms. The molecule has 0 saturated carbocycles. The van der Waals surface area contributed by atoms with E-state index in [0.717, 1.165) is 22.4 Å². The third-order valence-electron chi connectivity index (χ3n) is 3.32. The SMILES string of the molecule is Cc1cccc(OCC(=O)NNC(=S)Nc2cc(C)ccc2C)c1. The molecule has 2 rings (SSSR count). The van der Waals surface area contributed by atoms with Crippen LogP contribution < -0.4 is 20.9 Å². The maximum Gasteiger partial charge on any atom is 0.276 e. The van der Waals surface area contributed by atoms with Gasteiger partial charge in [0.05, 0.1) is 0 Å². The van der Waals surface area contributed by atoms with Gasteiger partial charge in [0, 0.05) is 5.69 Å². The van der Waals surface area contributed by atoms with Crippen LogP contribution in [0, 0.1) is 20.8 Å². The molecular weight excluding hydrogens is 322 g/mol. The van der Waals surface area contributed by atoms with Crippen molar-refractivity contribution in [2.24, 2.45) is 0 Å². The van der Waals surface area contributed by atoms with Gasteiger partial charge in [-0.1, -0.05) is 24.3 Å². The van der Waals surface area contributed by atoms with Crippen molar-refractivity contribution >= 4 is 28.9 Å². The Balaban J connectivity index is 1.77. The molecule has 126 valence electrons. The topological polar surface area (TPSA) is 62.4 Å². The van der Waals surface area contributed by atoms with Gasteiger partial charge in [-0.05, 0) is 67.9 Å². The molecule has 0 unspecified atom stereocenters. The number of amides is 1. The van der Waals surface area contributed by atoms with Gasteiger partial charge in [-0.15, -0.1) is 0 Å². The molecule has 0 aliphatic carbocycles. The Morgan fingerprint density at radius 2 is 1.79 bits per heavy atom. The maximum atomic E-state index is 11.8. The van der Waals surface area contributed by atoms with Gasteiger partial charge >= 0.3 is 0 Å². The summed E-state index contributed by atoms with van der Waals surface area (Å²) in [5.41, 5.74) is 9.34. The number of hydrogen-bond acceptors (Lipinski definition) is 3. The molecule has 0 heterocycles. The third-order valence-corrected chi connectivity index (χ3v) is 3.52. The third kappa shape index (κ3) is 5.55. The lowest BCUT2D eigenvalue weighted by Gasteiger charge is -2.14. The summed E-state index contributed by atoms with van der Waals surface area (Å²) < 4.78 is 5.42. The van der Waals surface area contributed by atoms with E-state index in [1.54, 1.807) is 6.07 Å². The Labute approximate surface area is 147 Å². The number of nitrogens with one attached hydrogen (secondary N) is 3. The minimum Gasteiger partial charge on any atom is -0.484 e. The molecule has 0 fully saturated rings. The number of benzene rings is 2. The molecule has 5 nitrogen and oxygen atoms in total. The molecule has 0 atom stereocenters. The van der Waals surface area contributed by atoms with Crippen molar-refractivity contribution in [3.8, 4) is 5.75 Å². The standard InChI is InChI=1S/C18H21N3O2S/c1-12-5-4-6-15(9-12)23-11-17(22)20-21-18(24)19-16-10-13(2)7-8-14(16)3/h4-10H,11H2,1-3H3,(H,20,22)(H2,19,21,24). The van der Waals surface area contributed by atoms with Crippen molar-refractivity contribution in [2.75, 3.05) is 11.9 Å². The van der Waals surface area contributed by atoms with Crippen LogP contribution in [-0.4, -0.2) is 17.6 Å². The Morgan fingerprint density at radius 1 is 1.04 bits per heavy atom. The number of anilines is 1. The summed E-state index contributed by atoms with van der Waals surface area (Å²) in [6.07, 6.45) is 0. The number of carbonyl (C=O) groups is 1. The van der Waals surface area contributed by atoms with Gasteiger partial charge in [-0.3, -0.25) is 15.6 Å². The van der Waals surface area contributed by atoms with E-state index in [1.165, 1.54) is 0 Å². The van der Waals surface area contributed by atoms with E-state index in [0.29, 0.717) is 10.9 Å². The fourth-order valence-corrected chi connectivity index (χ4v) is 2.20. The van der Waals surface area contributed by atoms with Crippen LogP contribution in [0.15, 0.2) is 42.5 Å². The first-order chi connectivity index (χ1) is 11.4. The number of carbonyl (C=O) groups excluding carboxylic acids is 1. The average Bonchev–Trinajstić information content (AvgIpc) is 2.54. The van der Waals surface area contributed by atoms with Crippen LogP contribution in [0.5, 0.6) is 5.75 Å². The van der Waals surface area contributed by atoms with Crippen LogP contribution in [0.4, 0.5) is 5.69 Å². The van der Waals surface area contributed by atoms with Gasteiger partial charge in [0.25, 0.3) is 5.91 Å². The molecule has 6 heteroatoms. The zero-order valence-corrected chi connectivity index (χ0v) is 14.8. The molecule has 0 aliphatic rings. The van der Waals surface area contributed by atoms with E-state index in [4.69, 9.17) is 17.0 Å². The highest BCUT2D eigenvalue weighted by molar-refractivity contribution is 7.80. The van der Waals surface area contributed by atoms with Gasteiger partial charge in [-0.25, -0.2) is 0 Å². The van der Waals surface area contributed by atoms with Gasteiger partial charge in [0.15, 0.2) is 11.7 Å². The molecule has 2 aromatic rings. The van der Waals surface area contributed by atoms with Crippen LogP contribution in [-0.2, 0) is 4.79 Å². The van der Waals surface area contributed by atoms with E-state index < -0.39 is 0 Å². The summed E-state index contributed by atoms with van der Waals surface area (Å²) >= 11 is 5.17. The second kappa shape index (κ2) is 8.31. The van der Waals surface area contributed by atoms with Crippen molar-refractivity contribution in [1.29, 1.82) is 0 Å². The van der Waals surface area contributed by atoms with Gasteiger partial charge in [-0.2, -0.15) is 0 Å². The first-order valence-corrected chi connectivity index (χ1v) is 7.97. The molecule has 0 saturated heterocycles. The van der Waals surface area contributed by atoms with Crippen LogP contribution in [0.2, 0.25) is 0 Å². The van der Waals surface area contributed by atoms with Crippen molar-refractivity contribution in [1.82, 2.24) is 10.9 Å². The van der Waals surface area contributed by atoms with Crippen molar-refractivity contribution < 1.29 is 9.53 Å². The lowest BCUT2D eigenvalue weighted by molar-refractivity contribution is -0.123. The van der Waals surface area contributed by atoms with Crippen LogP contribution in [0.25, 0.3) is 0 Å². The summed E-state index contributed by atoms with van der Waals surface area (Å²) in [5.74, 6) is 0.336. The molecular formula is C18H21N3O2S. The molecule has 2 aromatic carbocycles. The fraction of sp³-hybridized carbons (Fsp3) is 0.222. The predicted octanol–water partition coefficient (Wildman–Crippen LogP) is 3.01. The normalized spacial score (nSPS) is 9.96. The quantitative estimate of drug-likeness (QED) is 0.588. The van der Waals surface area contributed by atoms with Crippen molar-refractivity contribution in [3.63, 3.8) is 0 Å². The summed E-state index contributed by atoms with van der Waals surface area (Å²) in [6.45, 7) is 5.86. The van der Waals surface area contributed by atoms with E-state index in [9.17, 15) is 4.79 Å². The van der Waals surface area contributed by atoms with E-state index in [-0.39, 0.29) is 12.5 Å². The number of ether oxygens (including phenoxy) is 1. The number of hydrazine groups is 1. The molecule has 1 amide bonds. The maximum absolute atomic E-state index is 11.8. The zero-order chi connectivity index (χ0) is 17.5. The second-order valence-electron chi connectivity index (χ2n) is 5.55. The molecule has 0 aromatic heterocycles. The van der Waals surface area contributed by atoms with E-state index in [1.807, 2.05) is 57.2 Å². The second-order valence-corrected chi connectivity index (χ2v) is 5.96. The summed E-state index contributed by atoms with van der Waals surface area (Å²) in [5, 5.41) is 3.37. The minimum atomic E-state index is -0.318. The Kier molecular flexibility index (Phi) is 6.14. The monoisotopic (exact) mass is 343 g/mol. The van der Waals surface area contributed by atoms with Crippen LogP contribution in [0.3, 0.4) is 0 Å². The van der Waals surface area contributed by atoms with Crippen molar-refractivity contribution in [3.05, 3.63) is 59.2 Å². The zero-order valence-electron chi connectivity index (χ0n) is 14.0. The summed E-state index contributed by atoms with van der Waals surface area (Å²) in [4.78, 5) is 11.8. The highest BCUT2D eigenvalue weighted by Gasteiger charge is 2.05. The number of rotatable bonds is 4. The van der Waals surface area contributed by atoms with Gasteiger partial charge < -0.3 is 10.1 Å². The first kappa shape index (κ1) is 17.7. The molecule has 24 heavy (non-hydrogen) atoms. The van der Waals surface area contributed by atoms with Crippen LogP contribution >= 0.6 is 12.2 Å². The molecule has 3 N–H and O–H groups in total. The molecule has 0 aliphatic heterocycles. The van der Waals surface area contributed by atoms with Crippen LogP contribution in [0.1, 0.15) is 16.7 Å². The van der Waals surface area contributed by atoms with Gasteiger partial charge in [0.2, 0.25) is 0 Å². The largest absolute Gasteiger partial charge is 0.484 e. The summed E-state index contributed by atoms with van der Waals surface area (Å²) in [7, 11) is 0. The summed E-state index contributed by atoms with van der Waals surface area (Å²) in [6, 6.07) is 13.5. The number of aryl methyl sites for hydroxylation is 3. The minimum absolute atomic E-state index is 0.0947. The Bertz CT molecular complexity index is 747. The highest BCUT2D eigenvalue weighted by atomic mass is 32.1. The Morgan fingerprint density at radius 3 is 2.54 bits per heavy atom.